The Hall–Kier alpha value is -2.49. The van der Waals surface area contributed by atoms with Crippen LogP contribution in [0.5, 0.6) is 0 Å². The molecule has 0 saturated heterocycles. The first kappa shape index (κ1) is 20.8. The van der Waals surface area contributed by atoms with Gasteiger partial charge in [-0.1, -0.05) is 48.0 Å². The van der Waals surface area contributed by atoms with Gasteiger partial charge in [0.25, 0.3) is 0 Å². The molecule has 0 radical (unpaired) electrons. The van der Waals surface area contributed by atoms with Crippen LogP contribution in [0.25, 0.3) is 10.7 Å². The number of nitrogens with zero attached hydrogens (tertiary/aromatic N) is 3. The second-order valence-electron chi connectivity index (χ2n) is 8.09. The summed E-state index contributed by atoms with van der Waals surface area (Å²) in [5, 5.41) is 19.6. The number of benzene rings is 1. The SMILES string of the molecule is N#CC1(c2ccccc2)CCC(NCCCCCc2nc(-c3cccs3)no2)CC1. The first-order valence-corrected chi connectivity index (χ1v) is 11.7. The number of rotatable bonds is 9. The van der Waals surface area contributed by atoms with Crippen molar-refractivity contribution in [2.24, 2.45) is 0 Å². The number of hydrogen-bond acceptors (Lipinski definition) is 6. The van der Waals surface area contributed by atoms with Crippen LogP contribution in [0, 0.1) is 11.3 Å². The van der Waals surface area contributed by atoms with Gasteiger partial charge in [-0.2, -0.15) is 10.2 Å². The van der Waals surface area contributed by atoms with Crippen molar-refractivity contribution >= 4 is 11.3 Å². The fourth-order valence-electron chi connectivity index (χ4n) is 4.28. The van der Waals surface area contributed by atoms with E-state index in [1.165, 1.54) is 5.56 Å². The Balaban J connectivity index is 1.12. The van der Waals surface area contributed by atoms with Gasteiger partial charge in [0.05, 0.1) is 16.4 Å². The van der Waals surface area contributed by atoms with Gasteiger partial charge in [0.15, 0.2) is 0 Å². The molecule has 156 valence electrons. The lowest BCUT2D eigenvalue weighted by molar-refractivity contribution is 0.294. The van der Waals surface area contributed by atoms with Crippen LogP contribution in [-0.4, -0.2) is 22.7 Å². The molecule has 6 heteroatoms. The fourth-order valence-corrected chi connectivity index (χ4v) is 4.93. The summed E-state index contributed by atoms with van der Waals surface area (Å²) in [6, 6.07) is 17.4. The van der Waals surface area contributed by atoms with Crippen LogP contribution in [0.2, 0.25) is 0 Å². The van der Waals surface area contributed by atoms with Crippen LogP contribution in [0.3, 0.4) is 0 Å². The number of aryl methyl sites for hydroxylation is 1. The summed E-state index contributed by atoms with van der Waals surface area (Å²) in [6.45, 7) is 1.03. The molecular weight excluding hydrogens is 392 g/mol. The van der Waals surface area contributed by atoms with Gasteiger partial charge in [-0.15, -0.1) is 11.3 Å². The predicted molar refractivity (Wildman–Crippen MR) is 119 cm³/mol. The molecular formula is C24H28N4OS. The molecule has 2 aromatic heterocycles. The summed E-state index contributed by atoms with van der Waals surface area (Å²) in [5.41, 5.74) is 0.875. The van der Waals surface area contributed by atoms with Crippen LogP contribution >= 0.6 is 11.3 Å². The molecule has 30 heavy (non-hydrogen) atoms. The molecule has 1 saturated carbocycles. The number of unbranched alkanes of at least 4 members (excludes halogenated alkanes) is 2. The monoisotopic (exact) mass is 420 g/mol. The molecule has 0 amide bonds. The number of nitrogens with one attached hydrogen (secondary N) is 1. The molecule has 4 rings (SSSR count). The second kappa shape index (κ2) is 10.0. The smallest absolute Gasteiger partial charge is 0.226 e. The van der Waals surface area contributed by atoms with E-state index in [1.54, 1.807) is 11.3 Å². The van der Waals surface area contributed by atoms with Crippen LogP contribution in [0.1, 0.15) is 56.4 Å². The maximum atomic E-state index is 9.82. The lowest BCUT2D eigenvalue weighted by Gasteiger charge is -2.35. The summed E-state index contributed by atoms with van der Waals surface area (Å²) in [6.07, 6.45) is 8.19. The third-order valence-corrected chi connectivity index (χ3v) is 6.96. The van der Waals surface area contributed by atoms with E-state index in [1.807, 2.05) is 35.7 Å². The minimum Gasteiger partial charge on any atom is -0.339 e. The molecule has 1 N–H and O–H groups in total. The van der Waals surface area contributed by atoms with E-state index in [4.69, 9.17) is 4.52 Å². The van der Waals surface area contributed by atoms with E-state index in [2.05, 4.69) is 33.7 Å². The first-order valence-electron chi connectivity index (χ1n) is 10.9. The molecule has 1 aliphatic carbocycles. The van der Waals surface area contributed by atoms with Gasteiger partial charge >= 0.3 is 0 Å². The lowest BCUT2D eigenvalue weighted by atomic mass is 9.69. The molecule has 0 aliphatic heterocycles. The highest BCUT2D eigenvalue weighted by Crippen LogP contribution is 2.38. The molecule has 0 spiro atoms. The molecule has 0 atom stereocenters. The van der Waals surface area contributed by atoms with E-state index >= 15 is 0 Å². The Kier molecular flexibility index (Phi) is 6.93. The number of hydrogen-bond donors (Lipinski definition) is 1. The number of thiophene rings is 1. The van der Waals surface area contributed by atoms with Crippen molar-refractivity contribution in [2.75, 3.05) is 6.54 Å². The van der Waals surface area contributed by atoms with Gasteiger partial charge in [0, 0.05) is 12.5 Å². The Morgan fingerprint density at radius 2 is 1.93 bits per heavy atom. The topological polar surface area (TPSA) is 74.7 Å². The third-order valence-electron chi connectivity index (χ3n) is 6.09. The van der Waals surface area contributed by atoms with Crippen molar-refractivity contribution in [3.63, 3.8) is 0 Å². The van der Waals surface area contributed by atoms with E-state index in [0.717, 1.165) is 68.7 Å². The zero-order valence-corrected chi connectivity index (χ0v) is 18.0. The third kappa shape index (κ3) is 4.97. The van der Waals surface area contributed by atoms with Crippen molar-refractivity contribution in [2.45, 2.75) is 62.8 Å². The zero-order chi connectivity index (χ0) is 20.7. The molecule has 5 nitrogen and oxygen atoms in total. The fraction of sp³-hybridized carbons (Fsp3) is 0.458. The maximum Gasteiger partial charge on any atom is 0.226 e. The Morgan fingerprint density at radius 3 is 2.67 bits per heavy atom. The first-order chi connectivity index (χ1) is 14.8. The molecule has 0 bridgehead atoms. The minimum atomic E-state index is -0.300. The molecule has 2 heterocycles. The van der Waals surface area contributed by atoms with Gasteiger partial charge in [-0.3, -0.25) is 0 Å². The molecule has 3 aromatic rings. The van der Waals surface area contributed by atoms with E-state index in [-0.39, 0.29) is 5.41 Å². The summed E-state index contributed by atoms with van der Waals surface area (Å²) in [7, 11) is 0. The largest absolute Gasteiger partial charge is 0.339 e. The molecule has 1 aromatic carbocycles. The second-order valence-corrected chi connectivity index (χ2v) is 9.04. The summed E-state index contributed by atoms with van der Waals surface area (Å²) in [4.78, 5) is 5.53. The highest BCUT2D eigenvalue weighted by molar-refractivity contribution is 7.13. The highest BCUT2D eigenvalue weighted by atomic mass is 32.1. The quantitative estimate of drug-likeness (QED) is 0.462. The Morgan fingerprint density at radius 1 is 1.10 bits per heavy atom. The Bertz CT molecular complexity index is 937. The average molecular weight is 421 g/mol. The normalized spacial score (nSPS) is 21.4. The van der Waals surface area contributed by atoms with Crippen LogP contribution < -0.4 is 5.32 Å². The predicted octanol–water partition coefficient (Wildman–Crippen LogP) is 5.50. The van der Waals surface area contributed by atoms with Crippen molar-refractivity contribution in [1.82, 2.24) is 15.5 Å². The van der Waals surface area contributed by atoms with Crippen molar-refractivity contribution in [3.8, 4) is 16.8 Å². The number of aromatic nitrogens is 2. The molecule has 1 aliphatic rings. The van der Waals surface area contributed by atoms with Gasteiger partial charge in [0.1, 0.15) is 0 Å². The summed E-state index contributed by atoms with van der Waals surface area (Å²) < 4.78 is 5.36. The van der Waals surface area contributed by atoms with Crippen LogP contribution in [0.15, 0.2) is 52.4 Å². The van der Waals surface area contributed by atoms with Crippen molar-refractivity contribution in [1.29, 1.82) is 5.26 Å². The van der Waals surface area contributed by atoms with Gasteiger partial charge in [-0.05, 0) is 62.1 Å². The summed E-state index contributed by atoms with van der Waals surface area (Å²) in [5.74, 6) is 1.43. The molecule has 0 unspecified atom stereocenters. The van der Waals surface area contributed by atoms with Gasteiger partial charge in [0.2, 0.25) is 11.7 Å². The minimum absolute atomic E-state index is 0.300. The van der Waals surface area contributed by atoms with Gasteiger partial charge in [-0.25, -0.2) is 0 Å². The maximum absolute atomic E-state index is 9.82. The van der Waals surface area contributed by atoms with E-state index in [0.29, 0.717) is 11.9 Å². The van der Waals surface area contributed by atoms with E-state index in [9.17, 15) is 5.26 Å². The van der Waals surface area contributed by atoms with E-state index < -0.39 is 0 Å². The van der Waals surface area contributed by atoms with Crippen molar-refractivity contribution in [3.05, 3.63) is 59.3 Å². The average Bonchev–Trinajstić information content (AvgIpc) is 3.49. The Labute approximate surface area is 182 Å². The van der Waals surface area contributed by atoms with Gasteiger partial charge < -0.3 is 9.84 Å². The lowest BCUT2D eigenvalue weighted by Crippen LogP contribution is -2.39. The van der Waals surface area contributed by atoms with Crippen molar-refractivity contribution < 1.29 is 4.52 Å². The summed E-state index contributed by atoms with van der Waals surface area (Å²) >= 11 is 1.63. The standard InChI is InChI=1S/C24H28N4OS/c25-18-24(19-8-3-1-4-9-19)14-12-20(13-15-24)26-16-6-2-5-11-22-27-23(28-29-22)21-10-7-17-30-21/h1,3-4,7-10,17,20,26H,2,5-6,11-16H2. The number of nitriles is 1. The molecule has 1 fully saturated rings. The zero-order valence-electron chi connectivity index (χ0n) is 17.2. The van der Waals surface area contributed by atoms with Crippen LogP contribution in [-0.2, 0) is 11.8 Å². The van der Waals surface area contributed by atoms with Crippen LogP contribution in [0.4, 0.5) is 0 Å². The highest BCUT2D eigenvalue weighted by Gasteiger charge is 2.36.